The summed E-state index contributed by atoms with van der Waals surface area (Å²) in [5.41, 5.74) is 5.23. The van der Waals surface area contributed by atoms with Crippen LogP contribution in [-0.4, -0.2) is 65.5 Å². The van der Waals surface area contributed by atoms with Gasteiger partial charge in [-0.3, -0.25) is 9.97 Å². The normalized spacial score (nSPS) is 11.3. The van der Waals surface area contributed by atoms with Gasteiger partial charge in [-0.2, -0.15) is 0 Å². The molecule has 3 aromatic heterocycles. The van der Waals surface area contributed by atoms with E-state index < -0.39 is 31.7 Å². The van der Waals surface area contributed by atoms with Crippen LogP contribution in [0.2, 0.25) is 0 Å². The molecule has 1 aromatic carbocycles. The molecule has 0 saturated heterocycles. The molecule has 0 aliphatic heterocycles. The fourth-order valence-corrected chi connectivity index (χ4v) is 5.05. The number of anilines is 1. The third-order valence-corrected chi connectivity index (χ3v) is 7.47. The van der Waals surface area contributed by atoms with Crippen LogP contribution in [0.4, 0.5) is 5.69 Å². The van der Waals surface area contributed by atoms with Gasteiger partial charge in [0.2, 0.25) is 0 Å². The first-order valence-electron chi connectivity index (χ1n) is 12.1. The van der Waals surface area contributed by atoms with Gasteiger partial charge in [0.05, 0.1) is 43.0 Å². The molecule has 0 amide bonds. The summed E-state index contributed by atoms with van der Waals surface area (Å²) < 4.78 is 66.3. The Bertz CT molecular complexity index is 1520. The first kappa shape index (κ1) is 35.5. The molecule has 14 heteroatoms. The summed E-state index contributed by atoms with van der Waals surface area (Å²) in [5, 5.41) is 0. The van der Waals surface area contributed by atoms with E-state index in [0.717, 1.165) is 11.1 Å². The van der Waals surface area contributed by atoms with Crippen LogP contribution in [0.1, 0.15) is 12.8 Å². The van der Waals surface area contributed by atoms with E-state index in [1.165, 1.54) is 0 Å². The summed E-state index contributed by atoms with van der Waals surface area (Å²) in [5.74, 6) is -1.07. The molecule has 0 aliphatic rings. The molecule has 0 bridgehead atoms. The molecule has 0 spiro atoms. The zero-order chi connectivity index (χ0) is 27.9. The van der Waals surface area contributed by atoms with Crippen molar-refractivity contribution in [2.75, 3.05) is 29.5 Å². The fourth-order valence-electron chi connectivity index (χ4n) is 4.09. The Hall–Kier alpha value is -1.71. The van der Waals surface area contributed by atoms with Gasteiger partial charge < -0.3 is 14.0 Å². The first-order valence-corrected chi connectivity index (χ1v) is 15.3. The summed E-state index contributed by atoms with van der Waals surface area (Å²) >= 11 is 0. The standard InChI is InChI=1S/C27H28N4O6S2.2Na/c32-38(33,34)17-5-15-31(16-6-18-39(35,36)37)23-11-9-21(10-12-23)22-19-26(24-7-1-3-13-28-24)30-27(20-22)25-8-2-4-14-29-25;;/h1-4,7-14,19-20H,5-6,15-18H2,(H,32,33,34)(H,35,36,37);;/q;2*+1/p-2. The topological polar surface area (TPSA) is 156 Å². The van der Waals surface area contributed by atoms with E-state index in [1.807, 2.05) is 72.8 Å². The molecule has 41 heavy (non-hydrogen) atoms. The van der Waals surface area contributed by atoms with E-state index >= 15 is 0 Å². The van der Waals surface area contributed by atoms with Gasteiger partial charge in [0, 0.05) is 42.7 Å². The Morgan fingerprint density at radius 3 is 1.46 bits per heavy atom. The van der Waals surface area contributed by atoms with Crippen molar-refractivity contribution >= 4 is 25.9 Å². The second-order valence-corrected chi connectivity index (χ2v) is 11.9. The predicted octanol–water partition coefficient (Wildman–Crippen LogP) is -2.44. The van der Waals surface area contributed by atoms with Crippen LogP contribution in [-0.2, 0) is 20.2 Å². The second-order valence-electron chi connectivity index (χ2n) is 8.82. The minimum atomic E-state index is -4.38. The van der Waals surface area contributed by atoms with E-state index in [4.69, 9.17) is 4.98 Å². The molecule has 0 atom stereocenters. The average molecular weight is 613 g/mol. The molecule has 0 saturated carbocycles. The molecule has 4 aromatic rings. The predicted molar refractivity (Wildman–Crippen MR) is 147 cm³/mol. The van der Waals surface area contributed by atoms with Crippen LogP contribution in [0, 0.1) is 0 Å². The maximum absolute atomic E-state index is 11.0. The fraction of sp³-hybridized carbons (Fsp3) is 0.222. The smallest absolute Gasteiger partial charge is 0.748 e. The largest absolute Gasteiger partial charge is 1.00 e. The summed E-state index contributed by atoms with van der Waals surface area (Å²) in [6, 6.07) is 22.5. The minimum Gasteiger partial charge on any atom is -0.748 e. The van der Waals surface area contributed by atoms with Crippen molar-refractivity contribution in [1.29, 1.82) is 0 Å². The maximum Gasteiger partial charge on any atom is 1.00 e. The van der Waals surface area contributed by atoms with Crippen molar-refractivity contribution < 1.29 is 85.1 Å². The number of benzene rings is 1. The van der Waals surface area contributed by atoms with Crippen molar-refractivity contribution in [2.45, 2.75) is 12.8 Å². The molecule has 204 valence electrons. The van der Waals surface area contributed by atoms with Crippen molar-refractivity contribution in [2.24, 2.45) is 0 Å². The van der Waals surface area contributed by atoms with Gasteiger partial charge in [0.1, 0.15) is 0 Å². The molecule has 4 rings (SSSR count). The minimum absolute atomic E-state index is 0. The van der Waals surface area contributed by atoms with E-state index in [1.54, 1.807) is 17.3 Å². The quantitative estimate of drug-likeness (QED) is 0.124. The third kappa shape index (κ3) is 11.5. The number of hydrogen-bond acceptors (Lipinski definition) is 10. The molecule has 3 heterocycles. The van der Waals surface area contributed by atoms with Crippen LogP contribution in [0.5, 0.6) is 0 Å². The van der Waals surface area contributed by atoms with E-state index in [2.05, 4.69) is 9.97 Å². The second kappa shape index (κ2) is 16.2. The molecule has 0 fully saturated rings. The summed E-state index contributed by atoms with van der Waals surface area (Å²) in [4.78, 5) is 15.4. The zero-order valence-electron chi connectivity index (χ0n) is 22.9. The van der Waals surface area contributed by atoms with E-state index in [9.17, 15) is 25.9 Å². The number of pyridine rings is 3. The number of rotatable bonds is 12. The Balaban J connectivity index is 0.00000294. The Kier molecular flexibility index (Phi) is 14.0. The van der Waals surface area contributed by atoms with E-state index in [0.29, 0.717) is 28.5 Å². The Morgan fingerprint density at radius 1 is 0.610 bits per heavy atom. The van der Waals surface area contributed by atoms with Crippen LogP contribution in [0.25, 0.3) is 33.9 Å². The van der Waals surface area contributed by atoms with Gasteiger partial charge >= 0.3 is 59.1 Å². The van der Waals surface area contributed by atoms with Gasteiger partial charge in [-0.05, 0) is 72.5 Å². The van der Waals surface area contributed by atoms with Crippen LogP contribution in [0.15, 0.2) is 85.2 Å². The molecular formula is C27H26N4Na2O6S2. The van der Waals surface area contributed by atoms with Crippen molar-refractivity contribution in [3.05, 3.63) is 85.2 Å². The van der Waals surface area contributed by atoms with Crippen LogP contribution < -0.4 is 64.0 Å². The summed E-state index contributed by atoms with van der Waals surface area (Å²) in [6.07, 6.45) is 3.54. The van der Waals surface area contributed by atoms with Gasteiger partial charge in [-0.25, -0.2) is 21.8 Å². The SMILES string of the molecule is O=S(=O)([O-])CCCN(CCCS(=O)(=O)[O-])c1ccc(-c2cc(-c3ccccn3)nc(-c3ccccn3)c2)cc1.[Na+].[Na+]. The van der Waals surface area contributed by atoms with Gasteiger partial charge in [0.15, 0.2) is 0 Å². The molecule has 0 aliphatic carbocycles. The summed E-state index contributed by atoms with van der Waals surface area (Å²) in [6.45, 7) is 0.422. The van der Waals surface area contributed by atoms with Crippen molar-refractivity contribution in [1.82, 2.24) is 15.0 Å². The summed E-state index contributed by atoms with van der Waals surface area (Å²) in [7, 11) is -8.76. The zero-order valence-corrected chi connectivity index (χ0v) is 28.5. The Morgan fingerprint density at radius 2 is 1.07 bits per heavy atom. The monoisotopic (exact) mass is 612 g/mol. The van der Waals surface area contributed by atoms with Crippen molar-refractivity contribution in [3.63, 3.8) is 0 Å². The van der Waals surface area contributed by atoms with E-state index in [-0.39, 0.29) is 85.0 Å². The average Bonchev–Trinajstić information content (AvgIpc) is 2.92. The van der Waals surface area contributed by atoms with Crippen LogP contribution in [0.3, 0.4) is 0 Å². The molecule has 0 radical (unpaired) electrons. The Labute approximate surface area is 284 Å². The molecule has 0 N–H and O–H groups in total. The molecule has 10 nitrogen and oxygen atoms in total. The maximum atomic E-state index is 11.0. The number of hydrogen-bond donors (Lipinski definition) is 0. The third-order valence-electron chi connectivity index (χ3n) is 5.89. The van der Waals surface area contributed by atoms with Crippen molar-refractivity contribution in [3.8, 4) is 33.9 Å². The van der Waals surface area contributed by atoms with Gasteiger partial charge in [-0.15, -0.1) is 0 Å². The van der Waals surface area contributed by atoms with Crippen LogP contribution >= 0.6 is 0 Å². The number of nitrogens with zero attached hydrogens (tertiary/aromatic N) is 4. The van der Waals surface area contributed by atoms with Gasteiger partial charge in [-0.1, -0.05) is 24.3 Å². The van der Waals surface area contributed by atoms with Gasteiger partial charge in [0.25, 0.3) is 0 Å². The molecular weight excluding hydrogens is 586 g/mol. The molecule has 0 unspecified atom stereocenters. The number of aromatic nitrogens is 3. The first-order chi connectivity index (χ1) is 18.6.